The summed E-state index contributed by atoms with van der Waals surface area (Å²) in [5, 5.41) is 0.660. The quantitative estimate of drug-likeness (QED) is 0.883. The third kappa shape index (κ3) is 3.10. The van der Waals surface area contributed by atoms with Gasteiger partial charge in [-0.1, -0.05) is 45.7 Å². The Morgan fingerprint density at radius 1 is 1.22 bits per heavy atom. The van der Waals surface area contributed by atoms with Crippen molar-refractivity contribution in [3.05, 3.63) is 68.9 Å². The highest BCUT2D eigenvalue weighted by Crippen LogP contribution is 2.27. The Kier molecular flexibility index (Phi) is 4.38. The molecule has 0 bridgehead atoms. The van der Waals surface area contributed by atoms with Gasteiger partial charge in [0, 0.05) is 21.1 Å². The fourth-order valence-electron chi connectivity index (χ4n) is 1.88. The SMILES string of the molecule is NC(Cc1cccc(Cl)c1)c1c(F)cccc1Br. The summed E-state index contributed by atoms with van der Waals surface area (Å²) in [4.78, 5) is 0. The van der Waals surface area contributed by atoms with Crippen LogP contribution < -0.4 is 5.73 Å². The third-order valence-electron chi connectivity index (χ3n) is 2.72. The summed E-state index contributed by atoms with van der Waals surface area (Å²) in [5.41, 5.74) is 7.55. The van der Waals surface area contributed by atoms with Crippen LogP contribution in [0.2, 0.25) is 5.02 Å². The highest BCUT2D eigenvalue weighted by molar-refractivity contribution is 9.10. The van der Waals surface area contributed by atoms with Crippen LogP contribution >= 0.6 is 27.5 Å². The van der Waals surface area contributed by atoms with Crippen LogP contribution in [0.4, 0.5) is 4.39 Å². The molecule has 2 aromatic rings. The van der Waals surface area contributed by atoms with Crippen LogP contribution in [0.5, 0.6) is 0 Å². The first-order valence-electron chi connectivity index (χ1n) is 5.52. The smallest absolute Gasteiger partial charge is 0.129 e. The summed E-state index contributed by atoms with van der Waals surface area (Å²) in [7, 11) is 0. The molecule has 2 rings (SSSR count). The van der Waals surface area contributed by atoms with Gasteiger partial charge in [-0.3, -0.25) is 0 Å². The van der Waals surface area contributed by atoms with Gasteiger partial charge in [0.05, 0.1) is 0 Å². The van der Waals surface area contributed by atoms with Crippen molar-refractivity contribution in [2.24, 2.45) is 5.73 Å². The van der Waals surface area contributed by atoms with E-state index < -0.39 is 6.04 Å². The standard InChI is InChI=1S/C14H12BrClFN/c15-11-5-2-6-12(17)14(11)13(18)8-9-3-1-4-10(16)7-9/h1-7,13H,8,18H2. The Balaban J connectivity index is 2.25. The first kappa shape index (κ1) is 13.5. The second kappa shape index (κ2) is 5.83. The summed E-state index contributed by atoms with van der Waals surface area (Å²) >= 11 is 9.24. The molecule has 2 N–H and O–H groups in total. The largest absolute Gasteiger partial charge is 0.324 e. The molecule has 0 aromatic heterocycles. The van der Waals surface area contributed by atoms with Gasteiger partial charge in [-0.05, 0) is 36.2 Å². The molecule has 0 aliphatic rings. The van der Waals surface area contributed by atoms with E-state index in [9.17, 15) is 4.39 Å². The number of nitrogens with two attached hydrogens (primary N) is 1. The zero-order valence-corrected chi connectivity index (χ0v) is 11.9. The van der Waals surface area contributed by atoms with Gasteiger partial charge in [0.15, 0.2) is 0 Å². The molecular weight excluding hydrogens is 317 g/mol. The van der Waals surface area contributed by atoms with Gasteiger partial charge in [0.1, 0.15) is 5.82 Å². The topological polar surface area (TPSA) is 26.0 Å². The highest BCUT2D eigenvalue weighted by atomic mass is 79.9. The Hall–Kier alpha value is -0.900. The van der Waals surface area contributed by atoms with E-state index in [1.54, 1.807) is 18.2 Å². The van der Waals surface area contributed by atoms with Crippen molar-refractivity contribution in [2.75, 3.05) is 0 Å². The van der Waals surface area contributed by atoms with E-state index in [0.29, 0.717) is 21.5 Å². The van der Waals surface area contributed by atoms with Crippen LogP contribution in [0, 0.1) is 5.82 Å². The lowest BCUT2D eigenvalue weighted by atomic mass is 9.99. The monoisotopic (exact) mass is 327 g/mol. The molecule has 0 saturated heterocycles. The molecule has 0 spiro atoms. The molecule has 0 aliphatic heterocycles. The van der Waals surface area contributed by atoms with Crippen LogP contribution in [0.3, 0.4) is 0 Å². The predicted octanol–water partition coefficient (Wildman–Crippen LogP) is 4.48. The minimum Gasteiger partial charge on any atom is -0.324 e. The molecule has 0 radical (unpaired) electrons. The normalized spacial score (nSPS) is 12.4. The lowest BCUT2D eigenvalue weighted by Crippen LogP contribution is -2.15. The molecule has 2 aromatic carbocycles. The van der Waals surface area contributed by atoms with Crippen LogP contribution in [0.1, 0.15) is 17.2 Å². The van der Waals surface area contributed by atoms with Gasteiger partial charge < -0.3 is 5.73 Å². The van der Waals surface area contributed by atoms with E-state index in [1.165, 1.54) is 6.07 Å². The van der Waals surface area contributed by atoms with E-state index in [1.807, 2.05) is 18.2 Å². The molecule has 0 fully saturated rings. The zero-order valence-electron chi connectivity index (χ0n) is 9.54. The molecular formula is C14H12BrClFN. The molecule has 4 heteroatoms. The maximum Gasteiger partial charge on any atom is 0.129 e. The van der Waals surface area contributed by atoms with Gasteiger partial charge in [-0.25, -0.2) is 4.39 Å². The number of hydrogen-bond donors (Lipinski definition) is 1. The first-order chi connectivity index (χ1) is 8.58. The van der Waals surface area contributed by atoms with Gasteiger partial charge >= 0.3 is 0 Å². The summed E-state index contributed by atoms with van der Waals surface area (Å²) in [6.07, 6.45) is 0.542. The van der Waals surface area contributed by atoms with Gasteiger partial charge in [0.2, 0.25) is 0 Å². The maximum absolute atomic E-state index is 13.7. The minimum atomic E-state index is -0.404. The maximum atomic E-state index is 13.7. The van der Waals surface area contributed by atoms with Crippen molar-refractivity contribution in [3.63, 3.8) is 0 Å². The second-order valence-electron chi connectivity index (χ2n) is 4.08. The van der Waals surface area contributed by atoms with Crippen molar-refractivity contribution < 1.29 is 4.39 Å². The molecule has 94 valence electrons. The van der Waals surface area contributed by atoms with E-state index in [4.69, 9.17) is 17.3 Å². The summed E-state index contributed by atoms with van der Waals surface area (Å²) < 4.78 is 14.4. The van der Waals surface area contributed by atoms with Crippen molar-refractivity contribution >= 4 is 27.5 Å². The molecule has 1 atom stereocenters. The van der Waals surface area contributed by atoms with Crippen LogP contribution in [-0.4, -0.2) is 0 Å². The molecule has 1 nitrogen and oxygen atoms in total. The Bertz CT molecular complexity index is 539. The van der Waals surface area contributed by atoms with E-state index in [-0.39, 0.29) is 5.82 Å². The lowest BCUT2D eigenvalue weighted by molar-refractivity contribution is 0.578. The molecule has 0 aliphatic carbocycles. The van der Waals surface area contributed by atoms with E-state index in [0.717, 1.165) is 5.56 Å². The Morgan fingerprint density at radius 3 is 2.61 bits per heavy atom. The molecule has 0 heterocycles. The average molecular weight is 329 g/mol. The summed E-state index contributed by atoms with van der Waals surface area (Å²) in [5.74, 6) is -0.293. The fraction of sp³-hybridized carbons (Fsp3) is 0.143. The van der Waals surface area contributed by atoms with Gasteiger partial charge in [-0.2, -0.15) is 0 Å². The van der Waals surface area contributed by atoms with Crippen molar-refractivity contribution in [1.82, 2.24) is 0 Å². The van der Waals surface area contributed by atoms with E-state index >= 15 is 0 Å². The molecule has 0 saturated carbocycles. The Morgan fingerprint density at radius 2 is 1.94 bits per heavy atom. The molecule has 0 amide bonds. The predicted molar refractivity (Wildman–Crippen MR) is 76.2 cm³/mol. The van der Waals surface area contributed by atoms with Crippen molar-refractivity contribution in [1.29, 1.82) is 0 Å². The highest BCUT2D eigenvalue weighted by Gasteiger charge is 2.15. The number of hydrogen-bond acceptors (Lipinski definition) is 1. The average Bonchev–Trinajstić information content (AvgIpc) is 2.28. The van der Waals surface area contributed by atoms with Gasteiger partial charge in [-0.15, -0.1) is 0 Å². The van der Waals surface area contributed by atoms with Crippen molar-refractivity contribution in [2.45, 2.75) is 12.5 Å². The number of halogens is 3. The summed E-state index contributed by atoms with van der Waals surface area (Å²) in [6.45, 7) is 0. The second-order valence-corrected chi connectivity index (χ2v) is 5.37. The number of rotatable bonds is 3. The Labute approximate surface area is 119 Å². The van der Waals surface area contributed by atoms with Gasteiger partial charge in [0.25, 0.3) is 0 Å². The number of benzene rings is 2. The van der Waals surface area contributed by atoms with Crippen molar-refractivity contribution in [3.8, 4) is 0 Å². The molecule has 1 unspecified atom stereocenters. The first-order valence-corrected chi connectivity index (χ1v) is 6.69. The fourth-order valence-corrected chi connectivity index (χ4v) is 2.73. The van der Waals surface area contributed by atoms with Crippen LogP contribution in [0.25, 0.3) is 0 Å². The van der Waals surface area contributed by atoms with Crippen LogP contribution in [0.15, 0.2) is 46.9 Å². The molecule has 18 heavy (non-hydrogen) atoms. The van der Waals surface area contributed by atoms with Crippen LogP contribution in [-0.2, 0) is 6.42 Å². The third-order valence-corrected chi connectivity index (χ3v) is 3.64. The zero-order chi connectivity index (χ0) is 13.1. The lowest BCUT2D eigenvalue weighted by Gasteiger charge is -2.15. The van der Waals surface area contributed by atoms with E-state index in [2.05, 4.69) is 15.9 Å². The summed E-state index contributed by atoms with van der Waals surface area (Å²) in [6, 6.07) is 11.9. The minimum absolute atomic E-state index is 0.293.